The lowest BCUT2D eigenvalue weighted by molar-refractivity contribution is -0.126. The highest BCUT2D eigenvalue weighted by molar-refractivity contribution is 6.30. The van der Waals surface area contributed by atoms with Crippen LogP contribution in [0.2, 0.25) is 5.02 Å². The van der Waals surface area contributed by atoms with Gasteiger partial charge in [-0.15, -0.1) is 0 Å². The van der Waals surface area contributed by atoms with E-state index in [1.807, 2.05) is 18.2 Å². The third-order valence-corrected chi connectivity index (χ3v) is 3.94. The summed E-state index contributed by atoms with van der Waals surface area (Å²) in [5.74, 6) is 0.807. The summed E-state index contributed by atoms with van der Waals surface area (Å²) < 4.78 is 5.64. The van der Waals surface area contributed by atoms with Gasteiger partial charge in [-0.3, -0.25) is 4.79 Å². The number of fused-ring (bicyclic) bond motifs is 1. The van der Waals surface area contributed by atoms with Crippen molar-refractivity contribution in [3.63, 3.8) is 0 Å². The predicted octanol–water partition coefficient (Wildman–Crippen LogP) is 1.37. The lowest BCUT2D eigenvalue weighted by Gasteiger charge is -2.25. The number of amides is 1. The molecule has 0 radical (unpaired) electrons. The Labute approximate surface area is 117 Å². The van der Waals surface area contributed by atoms with E-state index >= 15 is 0 Å². The summed E-state index contributed by atoms with van der Waals surface area (Å²) in [7, 11) is 0. The van der Waals surface area contributed by atoms with Crippen molar-refractivity contribution >= 4 is 17.5 Å². The number of rotatable bonds is 2. The molecule has 0 aliphatic carbocycles. The van der Waals surface area contributed by atoms with Crippen LogP contribution in [0.4, 0.5) is 0 Å². The number of hydrogen-bond acceptors (Lipinski definition) is 3. The lowest BCUT2D eigenvalue weighted by Crippen LogP contribution is -2.43. The molecule has 5 heteroatoms. The van der Waals surface area contributed by atoms with E-state index in [-0.39, 0.29) is 17.9 Å². The second-order valence-corrected chi connectivity index (χ2v) is 5.60. The van der Waals surface area contributed by atoms with Crippen molar-refractivity contribution in [3.05, 3.63) is 28.8 Å². The van der Waals surface area contributed by atoms with Crippen LogP contribution in [0.1, 0.15) is 12.0 Å². The lowest BCUT2D eigenvalue weighted by atomic mass is 9.95. The van der Waals surface area contributed by atoms with E-state index in [1.54, 1.807) is 0 Å². The molecule has 2 heterocycles. The molecule has 1 amide bonds. The first-order valence-corrected chi connectivity index (χ1v) is 7.02. The molecular weight excluding hydrogens is 264 g/mol. The van der Waals surface area contributed by atoms with Gasteiger partial charge in [0.25, 0.3) is 0 Å². The Balaban J connectivity index is 1.65. The first-order chi connectivity index (χ1) is 9.22. The van der Waals surface area contributed by atoms with Crippen LogP contribution in [0, 0.1) is 5.92 Å². The van der Waals surface area contributed by atoms with Crippen molar-refractivity contribution in [2.75, 3.05) is 19.7 Å². The van der Waals surface area contributed by atoms with Crippen molar-refractivity contribution < 1.29 is 9.53 Å². The minimum atomic E-state index is -0.119. The topological polar surface area (TPSA) is 50.4 Å². The van der Waals surface area contributed by atoms with Gasteiger partial charge >= 0.3 is 0 Å². The summed E-state index contributed by atoms with van der Waals surface area (Å²) >= 11 is 5.98. The standard InChI is InChI=1S/C14H17ClN2O2/c15-11-1-2-13-9(6-11)5-10(8-19-13)14(18)17-12-3-4-16-7-12/h1-2,6,10,12,16H,3-5,7-8H2,(H,17,18). The molecule has 1 saturated heterocycles. The van der Waals surface area contributed by atoms with E-state index in [0.29, 0.717) is 18.1 Å². The van der Waals surface area contributed by atoms with Crippen LogP contribution in [0.15, 0.2) is 18.2 Å². The fourth-order valence-electron chi connectivity index (χ4n) is 2.63. The van der Waals surface area contributed by atoms with E-state index in [2.05, 4.69) is 10.6 Å². The van der Waals surface area contributed by atoms with Gasteiger partial charge in [0.1, 0.15) is 12.4 Å². The Bertz CT molecular complexity index is 486. The molecule has 2 aliphatic rings. The van der Waals surface area contributed by atoms with Crippen LogP contribution in [-0.2, 0) is 11.2 Å². The first-order valence-electron chi connectivity index (χ1n) is 6.64. The Morgan fingerprint density at radius 1 is 1.47 bits per heavy atom. The van der Waals surface area contributed by atoms with E-state index in [4.69, 9.17) is 16.3 Å². The number of carbonyl (C=O) groups is 1. The molecule has 102 valence electrons. The second-order valence-electron chi connectivity index (χ2n) is 5.16. The fourth-order valence-corrected chi connectivity index (χ4v) is 2.82. The largest absolute Gasteiger partial charge is 0.492 e. The molecule has 0 bridgehead atoms. The summed E-state index contributed by atoms with van der Waals surface area (Å²) in [6.45, 7) is 2.28. The SMILES string of the molecule is O=C(NC1CCNC1)C1COc2ccc(Cl)cc2C1. The van der Waals surface area contributed by atoms with Gasteiger partial charge in [0.2, 0.25) is 5.91 Å². The van der Waals surface area contributed by atoms with Gasteiger partial charge in [-0.2, -0.15) is 0 Å². The number of benzene rings is 1. The van der Waals surface area contributed by atoms with Gasteiger partial charge in [0, 0.05) is 17.6 Å². The number of carbonyl (C=O) groups excluding carboxylic acids is 1. The maximum absolute atomic E-state index is 12.2. The van der Waals surface area contributed by atoms with Crippen molar-refractivity contribution in [1.29, 1.82) is 0 Å². The molecule has 1 aromatic rings. The first kappa shape index (κ1) is 12.8. The summed E-state index contributed by atoms with van der Waals surface area (Å²) in [5, 5.41) is 7.00. The van der Waals surface area contributed by atoms with E-state index in [1.165, 1.54) is 0 Å². The molecule has 2 unspecified atom stereocenters. The quantitative estimate of drug-likeness (QED) is 0.860. The average molecular weight is 281 g/mol. The smallest absolute Gasteiger partial charge is 0.227 e. The molecule has 19 heavy (non-hydrogen) atoms. The number of halogens is 1. The third-order valence-electron chi connectivity index (χ3n) is 3.71. The van der Waals surface area contributed by atoms with Crippen molar-refractivity contribution in [2.24, 2.45) is 5.92 Å². The maximum atomic E-state index is 12.2. The van der Waals surface area contributed by atoms with Crippen molar-refractivity contribution in [2.45, 2.75) is 18.9 Å². The highest BCUT2D eigenvalue weighted by Crippen LogP contribution is 2.29. The second kappa shape index (κ2) is 5.39. The van der Waals surface area contributed by atoms with Crippen LogP contribution < -0.4 is 15.4 Å². The minimum Gasteiger partial charge on any atom is -0.492 e. The number of ether oxygens (including phenoxy) is 1. The van der Waals surface area contributed by atoms with Gasteiger partial charge in [0.15, 0.2) is 0 Å². The molecule has 1 aromatic carbocycles. The van der Waals surface area contributed by atoms with Crippen LogP contribution >= 0.6 is 11.6 Å². The molecule has 2 N–H and O–H groups in total. The summed E-state index contributed by atoms with van der Waals surface area (Å²) in [5.41, 5.74) is 1.02. The highest BCUT2D eigenvalue weighted by atomic mass is 35.5. The summed E-state index contributed by atoms with van der Waals surface area (Å²) in [4.78, 5) is 12.2. The van der Waals surface area contributed by atoms with Crippen molar-refractivity contribution in [3.8, 4) is 5.75 Å². The Hall–Kier alpha value is -1.26. The number of nitrogens with one attached hydrogen (secondary N) is 2. The van der Waals surface area contributed by atoms with Crippen LogP contribution in [0.5, 0.6) is 5.75 Å². The molecule has 1 fully saturated rings. The zero-order chi connectivity index (χ0) is 13.2. The molecule has 2 aliphatic heterocycles. The Morgan fingerprint density at radius 3 is 3.16 bits per heavy atom. The molecule has 3 rings (SSSR count). The fraction of sp³-hybridized carbons (Fsp3) is 0.500. The summed E-state index contributed by atoms with van der Waals surface area (Å²) in [6, 6.07) is 5.82. The van der Waals surface area contributed by atoms with E-state index in [0.717, 1.165) is 30.8 Å². The molecule has 0 saturated carbocycles. The van der Waals surface area contributed by atoms with E-state index in [9.17, 15) is 4.79 Å². The molecule has 0 spiro atoms. The molecule has 0 aromatic heterocycles. The van der Waals surface area contributed by atoms with Gasteiger partial charge in [-0.1, -0.05) is 11.6 Å². The van der Waals surface area contributed by atoms with Gasteiger partial charge < -0.3 is 15.4 Å². The van der Waals surface area contributed by atoms with E-state index < -0.39 is 0 Å². The average Bonchev–Trinajstić information content (AvgIpc) is 2.90. The van der Waals surface area contributed by atoms with Gasteiger partial charge in [0.05, 0.1) is 5.92 Å². The van der Waals surface area contributed by atoms with Gasteiger partial charge in [-0.25, -0.2) is 0 Å². The predicted molar refractivity (Wildman–Crippen MR) is 73.6 cm³/mol. The monoisotopic (exact) mass is 280 g/mol. The number of hydrogen-bond donors (Lipinski definition) is 2. The highest BCUT2D eigenvalue weighted by Gasteiger charge is 2.28. The Morgan fingerprint density at radius 2 is 2.37 bits per heavy atom. The maximum Gasteiger partial charge on any atom is 0.227 e. The molecule has 4 nitrogen and oxygen atoms in total. The van der Waals surface area contributed by atoms with Crippen LogP contribution in [0.25, 0.3) is 0 Å². The zero-order valence-electron chi connectivity index (χ0n) is 10.6. The zero-order valence-corrected chi connectivity index (χ0v) is 11.4. The van der Waals surface area contributed by atoms with Gasteiger partial charge in [-0.05, 0) is 43.1 Å². The Kier molecular flexibility index (Phi) is 3.62. The van der Waals surface area contributed by atoms with Crippen molar-refractivity contribution in [1.82, 2.24) is 10.6 Å². The van der Waals surface area contributed by atoms with Crippen LogP contribution in [-0.4, -0.2) is 31.6 Å². The summed E-state index contributed by atoms with van der Waals surface area (Å²) in [6.07, 6.45) is 1.70. The minimum absolute atomic E-state index is 0.0827. The van der Waals surface area contributed by atoms with Crippen LogP contribution in [0.3, 0.4) is 0 Å². The molecular formula is C14H17ClN2O2. The molecule has 2 atom stereocenters. The normalized spacial score (nSPS) is 25.5. The third kappa shape index (κ3) is 2.85.